The van der Waals surface area contributed by atoms with Gasteiger partial charge in [0.15, 0.2) is 6.61 Å². The molecule has 4 amide bonds. The number of hydrazine groups is 1. The van der Waals surface area contributed by atoms with Gasteiger partial charge in [0.05, 0.1) is 0 Å². The van der Waals surface area contributed by atoms with Gasteiger partial charge in [-0.25, -0.2) is 9.59 Å². The molecule has 8 nitrogen and oxygen atoms in total. The zero-order chi connectivity index (χ0) is 19.4. The second-order valence-corrected chi connectivity index (χ2v) is 7.61. The number of esters is 1. The molecule has 0 radical (unpaired) electrons. The molecule has 0 unspecified atom stereocenters. The number of carbonyl (C=O) groups is 4. The second-order valence-electron chi connectivity index (χ2n) is 6.66. The molecular weight excluding hydrogens is 370 g/mol. The van der Waals surface area contributed by atoms with Gasteiger partial charge in [0.1, 0.15) is 5.54 Å². The van der Waals surface area contributed by atoms with Crippen LogP contribution in [0.2, 0.25) is 0 Å². The Balaban J connectivity index is 1.50. The number of rotatable bonds is 5. The lowest BCUT2D eigenvalue weighted by molar-refractivity contribution is -0.147. The van der Waals surface area contributed by atoms with Gasteiger partial charge >= 0.3 is 12.0 Å². The van der Waals surface area contributed by atoms with Crippen LogP contribution < -0.4 is 10.7 Å². The number of aryl methyl sites for hydroxylation is 1. The highest BCUT2D eigenvalue weighted by atomic mass is 32.1. The maximum atomic E-state index is 12.5. The molecule has 2 aliphatic rings. The minimum atomic E-state index is -0.916. The number of hydrogen-bond donors (Lipinski definition) is 2. The van der Waals surface area contributed by atoms with Gasteiger partial charge in [0.25, 0.3) is 11.8 Å². The van der Waals surface area contributed by atoms with E-state index in [-0.39, 0.29) is 0 Å². The van der Waals surface area contributed by atoms with Crippen LogP contribution in [0.15, 0.2) is 17.5 Å². The van der Waals surface area contributed by atoms with Gasteiger partial charge in [-0.05, 0) is 42.9 Å². The number of ether oxygens (including phenoxy) is 1. The molecule has 27 heavy (non-hydrogen) atoms. The predicted molar refractivity (Wildman–Crippen MR) is 98.4 cm³/mol. The Bertz CT molecular complexity index is 795. The summed E-state index contributed by atoms with van der Waals surface area (Å²) < 4.78 is 4.86. The number of carbonyl (C=O) groups excluding carboxylic acids is 4. The van der Waals surface area contributed by atoms with Crippen LogP contribution in [0.3, 0.4) is 0 Å². The summed E-state index contributed by atoms with van der Waals surface area (Å²) in [4.78, 5) is 49.2. The summed E-state index contributed by atoms with van der Waals surface area (Å²) in [5, 5.41) is 5.28. The highest BCUT2D eigenvalue weighted by molar-refractivity contribution is 7.11. The normalized spacial score (nSPS) is 18.8. The Morgan fingerprint density at radius 2 is 2.07 bits per heavy atom. The lowest BCUT2D eigenvalue weighted by Crippen LogP contribution is -2.51. The molecule has 1 aliphatic carbocycles. The highest BCUT2D eigenvalue weighted by Crippen LogP contribution is 2.32. The van der Waals surface area contributed by atoms with Crippen LogP contribution in [0.1, 0.15) is 42.5 Å². The fourth-order valence-electron chi connectivity index (χ4n) is 3.26. The molecule has 1 saturated carbocycles. The predicted octanol–water partition coefficient (Wildman–Crippen LogP) is 1.90. The first kappa shape index (κ1) is 19.1. The first-order valence-electron chi connectivity index (χ1n) is 8.76. The van der Waals surface area contributed by atoms with E-state index in [1.807, 2.05) is 18.4 Å². The summed E-state index contributed by atoms with van der Waals surface area (Å²) in [6.45, 7) is 1.34. The zero-order valence-electron chi connectivity index (χ0n) is 14.9. The first-order valence-corrected chi connectivity index (χ1v) is 9.64. The maximum absolute atomic E-state index is 12.5. The monoisotopic (exact) mass is 391 g/mol. The average molecular weight is 391 g/mol. The standard InChI is InChI=1S/C18H21N3O5S/c1-12-7-10-27-13(12)5-6-15(23)26-11-14(22)20-21-16(24)18(19-17(21)25)8-3-2-4-9-18/h5-7,10H,2-4,8-9,11H2,1H3,(H,19,25)(H,20,22)/b6-5+. The molecule has 1 spiro atoms. The van der Waals surface area contributed by atoms with Crippen LogP contribution in [0, 0.1) is 6.92 Å². The number of amides is 4. The summed E-state index contributed by atoms with van der Waals surface area (Å²) in [6.07, 6.45) is 6.69. The van der Waals surface area contributed by atoms with Crippen LogP contribution >= 0.6 is 11.3 Å². The molecule has 0 bridgehead atoms. The van der Waals surface area contributed by atoms with Gasteiger partial charge in [-0.15, -0.1) is 11.3 Å². The van der Waals surface area contributed by atoms with E-state index in [9.17, 15) is 19.2 Å². The van der Waals surface area contributed by atoms with Gasteiger partial charge in [0, 0.05) is 11.0 Å². The van der Waals surface area contributed by atoms with Crippen molar-refractivity contribution in [3.63, 3.8) is 0 Å². The van der Waals surface area contributed by atoms with Crippen molar-refractivity contribution in [3.8, 4) is 0 Å². The van der Waals surface area contributed by atoms with Crippen molar-refractivity contribution < 1.29 is 23.9 Å². The van der Waals surface area contributed by atoms with Crippen molar-refractivity contribution in [1.82, 2.24) is 15.8 Å². The van der Waals surface area contributed by atoms with Gasteiger partial charge in [0.2, 0.25) is 0 Å². The summed E-state index contributed by atoms with van der Waals surface area (Å²) in [7, 11) is 0. The van der Waals surface area contributed by atoms with Crippen LogP contribution in [-0.4, -0.2) is 41.0 Å². The van der Waals surface area contributed by atoms with Gasteiger partial charge in [-0.3, -0.25) is 15.0 Å². The van der Waals surface area contributed by atoms with Crippen molar-refractivity contribution in [2.75, 3.05) is 6.61 Å². The number of nitrogens with one attached hydrogen (secondary N) is 2. The van der Waals surface area contributed by atoms with Crippen molar-refractivity contribution in [2.24, 2.45) is 0 Å². The molecule has 0 aromatic carbocycles. The maximum Gasteiger partial charge on any atom is 0.344 e. The van der Waals surface area contributed by atoms with Crippen molar-refractivity contribution in [2.45, 2.75) is 44.6 Å². The molecule has 0 atom stereocenters. The van der Waals surface area contributed by atoms with Crippen LogP contribution in [0.5, 0.6) is 0 Å². The van der Waals surface area contributed by atoms with Crippen molar-refractivity contribution in [3.05, 3.63) is 28.0 Å². The molecule has 9 heteroatoms. The summed E-state index contributed by atoms with van der Waals surface area (Å²) in [5.74, 6) is -1.89. The van der Waals surface area contributed by atoms with Crippen molar-refractivity contribution in [1.29, 1.82) is 0 Å². The van der Waals surface area contributed by atoms with E-state index in [1.54, 1.807) is 6.08 Å². The van der Waals surface area contributed by atoms with Gasteiger partial charge in [-0.1, -0.05) is 19.3 Å². The minimum absolute atomic E-state index is 0.458. The summed E-state index contributed by atoms with van der Waals surface area (Å²) >= 11 is 1.49. The number of hydrogen-bond acceptors (Lipinski definition) is 6. The molecule has 1 aromatic rings. The smallest absolute Gasteiger partial charge is 0.344 e. The Hall–Kier alpha value is -2.68. The SMILES string of the molecule is Cc1ccsc1/C=C/C(=O)OCC(=O)NN1C(=O)NC2(CCCCC2)C1=O. The molecule has 144 valence electrons. The molecule has 1 aliphatic heterocycles. The molecule has 1 saturated heterocycles. The molecule has 3 rings (SSSR count). The minimum Gasteiger partial charge on any atom is -0.452 e. The van der Waals surface area contributed by atoms with Gasteiger partial charge in [-0.2, -0.15) is 5.01 Å². The number of urea groups is 1. The number of thiophene rings is 1. The van der Waals surface area contributed by atoms with E-state index < -0.39 is 36.0 Å². The highest BCUT2D eigenvalue weighted by Gasteiger charge is 2.52. The molecule has 2 heterocycles. The lowest BCUT2D eigenvalue weighted by Gasteiger charge is -2.30. The average Bonchev–Trinajstić information content (AvgIpc) is 3.15. The van der Waals surface area contributed by atoms with Gasteiger partial charge < -0.3 is 10.1 Å². The quantitative estimate of drug-likeness (QED) is 0.453. The molecule has 1 aromatic heterocycles. The summed E-state index contributed by atoms with van der Waals surface area (Å²) in [6, 6.07) is 1.27. The van der Waals surface area contributed by atoms with E-state index in [0.29, 0.717) is 17.9 Å². The Labute approximate surface area is 160 Å². The third-order valence-corrected chi connectivity index (χ3v) is 5.71. The molecule has 2 N–H and O–H groups in total. The first-order chi connectivity index (χ1) is 12.9. The second kappa shape index (κ2) is 7.91. The number of imide groups is 1. The van der Waals surface area contributed by atoms with Crippen LogP contribution in [-0.2, 0) is 19.1 Å². The van der Waals surface area contributed by atoms with E-state index in [2.05, 4.69) is 10.7 Å². The van der Waals surface area contributed by atoms with Crippen LogP contribution in [0.4, 0.5) is 4.79 Å². The molecule has 2 fully saturated rings. The topological polar surface area (TPSA) is 105 Å². The third-order valence-electron chi connectivity index (χ3n) is 4.72. The van der Waals surface area contributed by atoms with E-state index in [0.717, 1.165) is 29.7 Å². The fraction of sp³-hybridized carbons (Fsp3) is 0.444. The van der Waals surface area contributed by atoms with Crippen molar-refractivity contribution >= 4 is 41.2 Å². The lowest BCUT2D eigenvalue weighted by atomic mass is 9.82. The zero-order valence-corrected chi connectivity index (χ0v) is 15.8. The fourth-order valence-corrected chi connectivity index (χ4v) is 4.08. The Kier molecular flexibility index (Phi) is 5.59. The summed E-state index contributed by atoms with van der Waals surface area (Å²) in [5.41, 5.74) is 2.34. The Morgan fingerprint density at radius 1 is 1.33 bits per heavy atom. The largest absolute Gasteiger partial charge is 0.452 e. The van der Waals surface area contributed by atoms with Crippen LogP contribution in [0.25, 0.3) is 6.08 Å². The molecular formula is C18H21N3O5S. The van der Waals surface area contributed by atoms with E-state index >= 15 is 0 Å². The number of nitrogens with zero attached hydrogens (tertiary/aromatic N) is 1. The van der Waals surface area contributed by atoms with E-state index in [1.165, 1.54) is 17.4 Å². The third kappa shape index (κ3) is 4.19. The Morgan fingerprint density at radius 3 is 2.74 bits per heavy atom. The van der Waals surface area contributed by atoms with E-state index in [4.69, 9.17) is 4.74 Å².